The molecular formula is C11H9F3N2S. The second-order valence-corrected chi connectivity index (χ2v) is 4.50. The highest BCUT2D eigenvalue weighted by molar-refractivity contribution is 7.09. The van der Waals surface area contributed by atoms with Crippen molar-refractivity contribution >= 4 is 11.3 Å². The van der Waals surface area contributed by atoms with Crippen LogP contribution in [0.15, 0.2) is 29.9 Å². The molecule has 0 bridgehead atoms. The molecule has 0 unspecified atom stereocenters. The number of alkyl halides is 3. The zero-order valence-corrected chi connectivity index (χ0v) is 9.55. The Hall–Kier alpha value is -1.43. The van der Waals surface area contributed by atoms with Crippen LogP contribution in [0.2, 0.25) is 0 Å². The first-order valence-corrected chi connectivity index (χ1v) is 5.80. The predicted molar refractivity (Wildman–Crippen MR) is 58.9 cm³/mol. The number of thiazole rings is 1. The second kappa shape index (κ2) is 4.83. The minimum Gasteiger partial charge on any atom is -0.265 e. The summed E-state index contributed by atoms with van der Waals surface area (Å²) in [7, 11) is 0. The SMILES string of the molecule is FC(F)(F)Cc1nc(Cc2ccncc2)cs1. The lowest BCUT2D eigenvalue weighted by molar-refractivity contribution is -0.127. The largest absolute Gasteiger partial charge is 0.395 e. The summed E-state index contributed by atoms with van der Waals surface area (Å²) >= 11 is 1.05. The van der Waals surface area contributed by atoms with Crippen LogP contribution < -0.4 is 0 Å². The average Bonchev–Trinajstić information content (AvgIpc) is 2.64. The fourth-order valence-electron chi connectivity index (χ4n) is 1.39. The molecule has 0 atom stereocenters. The van der Waals surface area contributed by atoms with E-state index in [1.165, 1.54) is 0 Å². The first kappa shape index (κ1) is 12.0. The Morgan fingerprint density at radius 1 is 1.18 bits per heavy atom. The fourth-order valence-corrected chi connectivity index (χ4v) is 2.22. The number of aromatic nitrogens is 2. The lowest BCUT2D eigenvalue weighted by atomic mass is 10.2. The van der Waals surface area contributed by atoms with Gasteiger partial charge in [0.1, 0.15) is 5.01 Å². The number of hydrogen-bond donors (Lipinski definition) is 0. The van der Waals surface area contributed by atoms with Crippen LogP contribution >= 0.6 is 11.3 Å². The van der Waals surface area contributed by atoms with Crippen LogP contribution in [0.1, 0.15) is 16.3 Å². The molecule has 2 nitrogen and oxygen atoms in total. The Kier molecular flexibility index (Phi) is 3.42. The number of nitrogens with zero attached hydrogens (tertiary/aromatic N) is 2. The first-order chi connectivity index (χ1) is 8.03. The van der Waals surface area contributed by atoms with E-state index >= 15 is 0 Å². The molecule has 2 rings (SSSR count). The third-order valence-corrected chi connectivity index (χ3v) is 2.98. The Balaban J connectivity index is 2.04. The quantitative estimate of drug-likeness (QED) is 0.844. The molecule has 6 heteroatoms. The van der Waals surface area contributed by atoms with Crippen LogP contribution in [0.5, 0.6) is 0 Å². The van der Waals surface area contributed by atoms with Crippen LogP contribution in [0.25, 0.3) is 0 Å². The fraction of sp³-hybridized carbons (Fsp3) is 0.273. The maximum absolute atomic E-state index is 12.1. The van der Waals surface area contributed by atoms with Crippen molar-refractivity contribution in [3.8, 4) is 0 Å². The van der Waals surface area contributed by atoms with E-state index < -0.39 is 12.6 Å². The summed E-state index contributed by atoms with van der Waals surface area (Å²) in [6, 6.07) is 3.64. The molecule has 0 aliphatic carbocycles. The van der Waals surface area contributed by atoms with E-state index in [0.717, 1.165) is 16.9 Å². The molecule has 0 amide bonds. The van der Waals surface area contributed by atoms with E-state index in [0.29, 0.717) is 12.1 Å². The van der Waals surface area contributed by atoms with Crippen molar-refractivity contribution in [3.63, 3.8) is 0 Å². The van der Waals surface area contributed by atoms with Crippen molar-refractivity contribution in [2.45, 2.75) is 19.0 Å². The smallest absolute Gasteiger partial charge is 0.265 e. The van der Waals surface area contributed by atoms with Crippen LogP contribution in [-0.4, -0.2) is 16.1 Å². The summed E-state index contributed by atoms with van der Waals surface area (Å²) in [6.45, 7) is 0. The van der Waals surface area contributed by atoms with Gasteiger partial charge in [0, 0.05) is 24.2 Å². The third kappa shape index (κ3) is 3.81. The van der Waals surface area contributed by atoms with Gasteiger partial charge in [0.15, 0.2) is 0 Å². The summed E-state index contributed by atoms with van der Waals surface area (Å²) < 4.78 is 36.4. The van der Waals surface area contributed by atoms with Crippen molar-refractivity contribution in [2.24, 2.45) is 0 Å². The second-order valence-electron chi connectivity index (χ2n) is 3.56. The van der Waals surface area contributed by atoms with Crippen LogP contribution in [0, 0.1) is 0 Å². The summed E-state index contributed by atoms with van der Waals surface area (Å²) in [4.78, 5) is 7.84. The summed E-state index contributed by atoms with van der Waals surface area (Å²) in [6.07, 6.45) is -1.30. The molecule has 0 spiro atoms. The molecule has 0 fully saturated rings. The van der Waals surface area contributed by atoms with Gasteiger partial charge in [0.05, 0.1) is 12.1 Å². The van der Waals surface area contributed by atoms with Crippen molar-refractivity contribution in [2.75, 3.05) is 0 Å². The minimum absolute atomic E-state index is 0.113. The molecule has 90 valence electrons. The van der Waals surface area contributed by atoms with Gasteiger partial charge in [-0.15, -0.1) is 11.3 Å². The monoisotopic (exact) mass is 258 g/mol. The molecule has 0 aromatic carbocycles. The molecule has 0 aliphatic rings. The van der Waals surface area contributed by atoms with Crippen LogP contribution in [0.3, 0.4) is 0 Å². The number of halogens is 3. The van der Waals surface area contributed by atoms with Gasteiger partial charge >= 0.3 is 6.18 Å². The van der Waals surface area contributed by atoms with Crippen molar-refractivity contribution in [3.05, 3.63) is 46.2 Å². The summed E-state index contributed by atoms with van der Waals surface area (Å²) in [5, 5.41) is 1.78. The molecule has 0 N–H and O–H groups in total. The summed E-state index contributed by atoms with van der Waals surface area (Å²) in [5.41, 5.74) is 1.66. The van der Waals surface area contributed by atoms with Crippen molar-refractivity contribution < 1.29 is 13.2 Å². The molecule has 2 heterocycles. The highest BCUT2D eigenvalue weighted by atomic mass is 32.1. The Labute approximate surface area is 100 Å². The third-order valence-electron chi connectivity index (χ3n) is 2.09. The summed E-state index contributed by atoms with van der Waals surface area (Å²) in [5.74, 6) is 0. The minimum atomic E-state index is -4.19. The molecule has 0 saturated carbocycles. The zero-order chi connectivity index (χ0) is 12.3. The standard InChI is InChI=1S/C11H9F3N2S/c12-11(13,14)6-10-16-9(7-17-10)5-8-1-3-15-4-2-8/h1-4,7H,5-6H2. The number of hydrogen-bond acceptors (Lipinski definition) is 3. The lowest BCUT2D eigenvalue weighted by Crippen LogP contribution is -2.11. The normalized spacial score (nSPS) is 11.7. The van der Waals surface area contributed by atoms with Gasteiger partial charge in [-0.1, -0.05) is 0 Å². The van der Waals surface area contributed by atoms with Gasteiger partial charge in [-0.25, -0.2) is 4.98 Å². The lowest BCUT2D eigenvalue weighted by Gasteiger charge is -2.01. The van der Waals surface area contributed by atoms with E-state index in [4.69, 9.17) is 0 Å². The van der Waals surface area contributed by atoms with Crippen LogP contribution in [-0.2, 0) is 12.8 Å². The van der Waals surface area contributed by atoms with Gasteiger partial charge < -0.3 is 0 Å². The van der Waals surface area contributed by atoms with E-state index in [1.807, 2.05) is 12.1 Å². The topological polar surface area (TPSA) is 25.8 Å². The zero-order valence-electron chi connectivity index (χ0n) is 8.74. The van der Waals surface area contributed by atoms with Gasteiger partial charge in [0.2, 0.25) is 0 Å². The van der Waals surface area contributed by atoms with E-state index in [2.05, 4.69) is 9.97 Å². The van der Waals surface area contributed by atoms with Gasteiger partial charge in [-0.2, -0.15) is 13.2 Å². The Bertz CT molecular complexity index is 479. The molecular weight excluding hydrogens is 249 g/mol. The van der Waals surface area contributed by atoms with Gasteiger partial charge in [-0.05, 0) is 17.7 Å². The van der Waals surface area contributed by atoms with Crippen LogP contribution in [0.4, 0.5) is 13.2 Å². The highest BCUT2D eigenvalue weighted by Crippen LogP contribution is 2.24. The maximum atomic E-state index is 12.1. The molecule has 0 radical (unpaired) electrons. The average molecular weight is 258 g/mol. The molecule has 2 aromatic heterocycles. The number of rotatable bonds is 3. The first-order valence-electron chi connectivity index (χ1n) is 4.92. The Morgan fingerprint density at radius 2 is 1.88 bits per heavy atom. The predicted octanol–water partition coefficient (Wildman–Crippen LogP) is 3.23. The van der Waals surface area contributed by atoms with Gasteiger partial charge in [-0.3, -0.25) is 4.98 Å². The maximum Gasteiger partial charge on any atom is 0.395 e. The van der Waals surface area contributed by atoms with E-state index in [9.17, 15) is 13.2 Å². The number of pyridine rings is 1. The Morgan fingerprint density at radius 3 is 2.53 bits per heavy atom. The molecule has 2 aromatic rings. The molecule has 0 saturated heterocycles. The molecule has 0 aliphatic heterocycles. The molecule has 17 heavy (non-hydrogen) atoms. The van der Waals surface area contributed by atoms with Crippen molar-refractivity contribution in [1.82, 2.24) is 9.97 Å². The van der Waals surface area contributed by atoms with Crippen molar-refractivity contribution in [1.29, 1.82) is 0 Å². The van der Waals surface area contributed by atoms with Gasteiger partial charge in [0.25, 0.3) is 0 Å². The van der Waals surface area contributed by atoms with E-state index in [-0.39, 0.29) is 5.01 Å². The highest BCUT2D eigenvalue weighted by Gasteiger charge is 2.29. The van der Waals surface area contributed by atoms with E-state index in [1.54, 1.807) is 17.8 Å².